The molecule has 0 aromatic heterocycles. The van der Waals surface area contributed by atoms with Crippen molar-refractivity contribution in [3.63, 3.8) is 0 Å². The number of urea groups is 1. The van der Waals surface area contributed by atoms with Crippen molar-refractivity contribution in [3.8, 4) is 5.75 Å². The lowest BCUT2D eigenvalue weighted by Gasteiger charge is -2.27. The number of hydrogen-bond acceptors (Lipinski definition) is 4. The van der Waals surface area contributed by atoms with E-state index in [2.05, 4.69) is 5.32 Å². The Hall–Kier alpha value is -2.44. The molecule has 2 fully saturated rings. The lowest BCUT2D eigenvalue weighted by Crippen LogP contribution is -2.49. The predicted molar refractivity (Wildman–Crippen MR) is 102 cm³/mol. The zero-order valence-corrected chi connectivity index (χ0v) is 16.5. The molecule has 2 aliphatic heterocycles. The van der Waals surface area contributed by atoms with Crippen LogP contribution in [0.1, 0.15) is 32.8 Å². The van der Waals surface area contributed by atoms with E-state index in [0.717, 1.165) is 18.6 Å². The number of carbonyl (C=O) groups excluding carboxylic acids is 2. The number of rotatable bonds is 5. The number of nitrogens with one attached hydrogen (secondary N) is 1. The highest BCUT2D eigenvalue weighted by atomic mass is 16.6. The van der Waals surface area contributed by atoms with Gasteiger partial charge in [-0.15, -0.1) is 0 Å². The second-order valence-electron chi connectivity index (χ2n) is 8.22. The fourth-order valence-corrected chi connectivity index (χ4v) is 3.57. The van der Waals surface area contributed by atoms with Gasteiger partial charge in [-0.05, 0) is 51.3 Å². The van der Waals surface area contributed by atoms with E-state index in [1.165, 1.54) is 5.56 Å². The summed E-state index contributed by atoms with van der Waals surface area (Å²) in [6.45, 7) is 7.45. The van der Waals surface area contributed by atoms with E-state index in [9.17, 15) is 9.59 Å². The number of likely N-dealkylation sites (tertiary alicyclic amines) is 1. The SMILES string of the molecule is COc1ccc(CCCN2C(=O)O[C@@H]3CN(C(=O)NC(C)(C)C)C[C@@H]32)cc1. The zero-order valence-electron chi connectivity index (χ0n) is 16.5. The van der Waals surface area contributed by atoms with Gasteiger partial charge in [0.15, 0.2) is 0 Å². The molecular formula is C20H29N3O4. The molecule has 0 radical (unpaired) electrons. The summed E-state index contributed by atoms with van der Waals surface area (Å²) in [4.78, 5) is 28.1. The summed E-state index contributed by atoms with van der Waals surface area (Å²) in [7, 11) is 1.65. The summed E-state index contributed by atoms with van der Waals surface area (Å²) in [6, 6.07) is 7.80. The Balaban J connectivity index is 1.52. The van der Waals surface area contributed by atoms with Crippen molar-refractivity contribution in [2.24, 2.45) is 0 Å². The molecule has 2 heterocycles. The van der Waals surface area contributed by atoms with Crippen molar-refractivity contribution in [1.29, 1.82) is 0 Å². The second kappa shape index (κ2) is 7.66. The molecule has 0 spiro atoms. The van der Waals surface area contributed by atoms with Crippen LogP contribution in [-0.2, 0) is 11.2 Å². The van der Waals surface area contributed by atoms with Crippen LogP contribution in [0, 0.1) is 0 Å². The molecular weight excluding hydrogens is 346 g/mol. The Labute approximate surface area is 160 Å². The van der Waals surface area contributed by atoms with Gasteiger partial charge in [-0.25, -0.2) is 9.59 Å². The molecule has 7 heteroatoms. The van der Waals surface area contributed by atoms with Crippen LogP contribution in [0.2, 0.25) is 0 Å². The van der Waals surface area contributed by atoms with Crippen molar-refractivity contribution in [2.75, 3.05) is 26.7 Å². The summed E-state index contributed by atoms with van der Waals surface area (Å²) in [5.74, 6) is 0.837. The Morgan fingerprint density at radius 3 is 2.59 bits per heavy atom. The first-order valence-corrected chi connectivity index (χ1v) is 9.44. The van der Waals surface area contributed by atoms with Gasteiger partial charge >= 0.3 is 12.1 Å². The van der Waals surface area contributed by atoms with Crippen LogP contribution in [0.5, 0.6) is 5.75 Å². The van der Waals surface area contributed by atoms with Gasteiger partial charge in [-0.3, -0.25) is 4.90 Å². The highest BCUT2D eigenvalue weighted by Gasteiger charge is 2.48. The number of aryl methyl sites for hydroxylation is 1. The Bertz CT molecular complexity index is 683. The first-order valence-electron chi connectivity index (χ1n) is 9.44. The van der Waals surface area contributed by atoms with Crippen molar-refractivity contribution >= 4 is 12.1 Å². The van der Waals surface area contributed by atoms with Gasteiger partial charge in [-0.2, -0.15) is 0 Å². The van der Waals surface area contributed by atoms with E-state index in [1.807, 2.05) is 45.0 Å². The molecule has 0 bridgehead atoms. The van der Waals surface area contributed by atoms with Crippen LogP contribution < -0.4 is 10.1 Å². The quantitative estimate of drug-likeness (QED) is 0.859. The number of hydrogen-bond donors (Lipinski definition) is 1. The number of methoxy groups -OCH3 is 1. The van der Waals surface area contributed by atoms with Crippen LogP contribution in [-0.4, -0.2) is 66.4 Å². The number of benzene rings is 1. The summed E-state index contributed by atoms with van der Waals surface area (Å²) < 4.78 is 10.7. The molecule has 2 atom stereocenters. The third-order valence-electron chi connectivity index (χ3n) is 4.92. The Kier molecular flexibility index (Phi) is 5.48. The molecule has 0 aliphatic carbocycles. The third kappa shape index (κ3) is 4.64. The minimum Gasteiger partial charge on any atom is -0.497 e. The highest BCUT2D eigenvalue weighted by molar-refractivity contribution is 5.77. The van der Waals surface area contributed by atoms with Crippen LogP contribution in [0.15, 0.2) is 24.3 Å². The van der Waals surface area contributed by atoms with Gasteiger partial charge in [0.05, 0.1) is 19.7 Å². The number of fused-ring (bicyclic) bond motifs is 1. The van der Waals surface area contributed by atoms with E-state index >= 15 is 0 Å². The summed E-state index contributed by atoms with van der Waals surface area (Å²) in [5.41, 5.74) is 0.918. The van der Waals surface area contributed by atoms with E-state index < -0.39 is 0 Å². The second-order valence-corrected chi connectivity index (χ2v) is 8.22. The van der Waals surface area contributed by atoms with Gasteiger partial charge in [0.1, 0.15) is 11.9 Å². The summed E-state index contributed by atoms with van der Waals surface area (Å²) >= 11 is 0. The molecule has 0 unspecified atom stereocenters. The van der Waals surface area contributed by atoms with Crippen molar-refractivity contribution < 1.29 is 19.1 Å². The van der Waals surface area contributed by atoms with E-state index in [-0.39, 0.29) is 29.8 Å². The maximum absolute atomic E-state index is 12.4. The van der Waals surface area contributed by atoms with E-state index in [4.69, 9.17) is 9.47 Å². The first kappa shape index (κ1) is 19.3. The third-order valence-corrected chi connectivity index (χ3v) is 4.92. The molecule has 3 amide bonds. The molecule has 3 rings (SSSR count). The molecule has 148 valence electrons. The largest absolute Gasteiger partial charge is 0.497 e. The molecule has 1 aromatic rings. The van der Waals surface area contributed by atoms with Gasteiger partial charge in [0.25, 0.3) is 0 Å². The van der Waals surface area contributed by atoms with Gasteiger partial charge in [0, 0.05) is 18.6 Å². The topological polar surface area (TPSA) is 71.1 Å². The average molecular weight is 375 g/mol. The van der Waals surface area contributed by atoms with Crippen molar-refractivity contribution in [1.82, 2.24) is 15.1 Å². The fourth-order valence-electron chi connectivity index (χ4n) is 3.57. The normalized spacial score (nSPS) is 21.9. The zero-order chi connectivity index (χ0) is 19.6. The van der Waals surface area contributed by atoms with Crippen LogP contribution in [0.4, 0.5) is 9.59 Å². The average Bonchev–Trinajstić information content (AvgIpc) is 3.12. The molecule has 2 saturated heterocycles. The molecule has 1 aromatic carbocycles. The maximum atomic E-state index is 12.4. The van der Waals surface area contributed by atoms with Crippen LogP contribution >= 0.6 is 0 Å². The van der Waals surface area contributed by atoms with Crippen LogP contribution in [0.25, 0.3) is 0 Å². The first-order chi connectivity index (χ1) is 12.8. The monoisotopic (exact) mass is 375 g/mol. The lowest BCUT2D eigenvalue weighted by molar-refractivity contribution is 0.122. The molecule has 1 N–H and O–H groups in total. The smallest absolute Gasteiger partial charge is 0.410 e. The van der Waals surface area contributed by atoms with Gasteiger partial charge in [0.2, 0.25) is 0 Å². The molecule has 2 aliphatic rings. The van der Waals surface area contributed by atoms with E-state index in [0.29, 0.717) is 19.6 Å². The molecule has 7 nitrogen and oxygen atoms in total. The van der Waals surface area contributed by atoms with Gasteiger partial charge in [-0.1, -0.05) is 12.1 Å². The number of amides is 3. The standard InChI is InChI=1S/C20H29N3O4/c1-20(2,3)21-18(24)22-12-16-17(13-22)27-19(25)23(16)11-5-6-14-7-9-15(26-4)10-8-14/h7-10,16-17H,5-6,11-13H2,1-4H3,(H,21,24)/t16-,17+/m0/s1. The summed E-state index contributed by atoms with van der Waals surface area (Å²) in [6.07, 6.45) is 1.22. The number of nitrogens with zero attached hydrogens (tertiary/aromatic N) is 2. The summed E-state index contributed by atoms with van der Waals surface area (Å²) in [5, 5.41) is 2.97. The minimum atomic E-state index is -0.288. The Morgan fingerprint density at radius 1 is 1.26 bits per heavy atom. The maximum Gasteiger partial charge on any atom is 0.410 e. The predicted octanol–water partition coefficient (Wildman–Crippen LogP) is 2.64. The van der Waals surface area contributed by atoms with Crippen molar-refractivity contribution in [3.05, 3.63) is 29.8 Å². The van der Waals surface area contributed by atoms with E-state index in [1.54, 1.807) is 16.9 Å². The minimum absolute atomic E-state index is 0.0564. The molecule has 27 heavy (non-hydrogen) atoms. The lowest BCUT2D eigenvalue weighted by atomic mass is 10.1. The number of carbonyl (C=O) groups is 2. The van der Waals surface area contributed by atoms with Gasteiger partial charge < -0.3 is 19.7 Å². The highest BCUT2D eigenvalue weighted by Crippen LogP contribution is 2.27. The van der Waals surface area contributed by atoms with Crippen molar-refractivity contribution in [2.45, 2.75) is 51.3 Å². The Morgan fingerprint density at radius 2 is 1.96 bits per heavy atom. The molecule has 0 saturated carbocycles. The number of ether oxygens (including phenoxy) is 2. The fraction of sp³-hybridized carbons (Fsp3) is 0.600. The van der Waals surface area contributed by atoms with Crippen LogP contribution in [0.3, 0.4) is 0 Å².